The van der Waals surface area contributed by atoms with Crippen molar-refractivity contribution in [3.05, 3.63) is 28.8 Å². The smallest absolute Gasteiger partial charge is 0.122 e. The molecule has 0 radical (unpaired) electrons. The molecule has 1 aromatic rings. The fourth-order valence-corrected chi connectivity index (χ4v) is 1.87. The predicted molar refractivity (Wildman–Crippen MR) is 64.5 cm³/mol. The molecule has 3 heteroatoms. The van der Waals surface area contributed by atoms with Crippen LogP contribution in [0.25, 0.3) is 0 Å². The van der Waals surface area contributed by atoms with E-state index in [0.29, 0.717) is 6.42 Å². The Bertz CT molecular complexity index is 407. The van der Waals surface area contributed by atoms with Crippen molar-refractivity contribution < 1.29 is 4.74 Å². The number of rotatable bonds is 4. The largest absolute Gasteiger partial charge is 0.496 e. The second-order valence-corrected chi connectivity index (χ2v) is 3.81. The minimum absolute atomic E-state index is 0.0922. The number of nitrogens with zero attached hydrogens (tertiary/aromatic N) is 1. The topological polar surface area (TPSA) is 45.0 Å². The van der Waals surface area contributed by atoms with Crippen LogP contribution < -0.4 is 10.1 Å². The van der Waals surface area contributed by atoms with Crippen molar-refractivity contribution in [2.24, 2.45) is 0 Å². The van der Waals surface area contributed by atoms with E-state index in [1.165, 1.54) is 11.1 Å². The highest BCUT2D eigenvalue weighted by molar-refractivity contribution is 5.44. The predicted octanol–water partition coefficient (Wildman–Crippen LogP) is 2.49. The van der Waals surface area contributed by atoms with Gasteiger partial charge in [0.15, 0.2) is 0 Å². The summed E-state index contributed by atoms with van der Waals surface area (Å²) in [5.41, 5.74) is 3.49. The highest BCUT2D eigenvalue weighted by Gasteiger charge is 2.14. The zero-order valence-corrected chi connectivity index (χ0v) is 10.3. The van der Waals surface area contributed by atoms with E-state index in [2.05, 4.69) is 18.3 Å². The number of benzene rings is 1. The summed E-state index contributed by atoms with van der Waals surface area (Å²) in [6.07, 6.45) is 0.475. The minimum Gasteiger partial charge on any atom is -0.496 e. The second-order valence-electron chi connectivity index (χ2n) is 3.81. The average molecular weight is 218 g/mol. The van der Waals surface area contributed by atoms with Gasteiger partial charge in [0.1, 0.15) is 5.75 Å². The van der Waals surface area contributed by atoms with Gasteiger partial charge in [0, 0.05) is 6.04 Å². The molecule has 0 saturated heterocycles. The van der Waals surface area contributed by atoms with Crippen molar-refractivity contribution in [1.82, 2.24) is 5.32 Å². The van der Waals surface area contributed by atoms with Crippen LogP contribution in [-0.4, -0.2) is 14.2 Å². The summed E-state index contributed by atoms with van der Waals surface area (Å²) in [5, 5.41) is 11.9. The van der Waals surface area contributed by atoms with E-state index in [1.54, 1.807) is 7.11 Å². The lowest BCUT2D eigenvalue weighted by atomic mass is 9.95. The van der Waals surface area contributed by atoms with Gasteiger partial charge in [-0.3, -0.25) is 0 Å². The highest BCUT2D eigenvalue weighted by Crippen LogP contribution is 2.28. The molecule has 86 valence electrons. The summed E-state index contributed by atoms with van der Waals surface area (Å²) in [6.45, 7) is 4.10. The molecule has 1 atom stereocenters. The molecule has 0 aliphatic carbocycles. The van der Waals surface area contributed by atoms with Crippen molar-refractivity contribution in [2.75, 3.05) is 14.2 Å². The maximum atomic E-state index is 8.78. The molecule has 3 nitrogen and oxygen atoms in total. The lowest BCUT2D eigenvalue weighted by Gasteiger charge is -2.18. The summed E-state index contributed by atoms with van der Waals surface area (Å²) in [7, 11) is 3.55. The van der Waals surface area contributed by atoms with Gasteiger partial charge in [-0.2, -0.15) is 5.26 Å². The second kappa shape index (κ2) is 5.53. The lowest BCUT2D eigenvalue weighted by Crippen LogP contribution is -2.17. The number of ether oxygens (including phenoxy) is 1. The van der Waals surface area contributed by atoms with Crippen molar-refractivity contribution in [2.45, 2.75) is 26.3 Å². The Morgan fingerprint density at radius 1 is 1.38 bits per heavy atom. The van der Waals surface area contributed by atoms with Crippen molar-refractivity contribution >= 4 is 0 Å². The van der Waals surface area contributed by atoms with Crippen LogP contribution in [0.2, 0.25) is 0 Å². The van der Waals surface area contributed by atoms with Crippen molar-refractivity contribution in [3.8, 4) is 11.8 Å². The summed E-state index contributed by atoms with van der Waals surface area (Å²) >= 11 is 0. The molecule has 1 rings (SSSR count). The summed E-state index contributed by atoms with van der Waals surface area (Å²) in [4.78, 5) is 0. The monoisotopic (exact) mass is 218 g/mol. The third kappa shape index (κ3) is 2.34. The van der Waals surface area contributed by atoms with Gasteiger partial charge in [-0.15, -0.1) is 0 Å². The maximum absolute atomic E-state index is 8.78. The van der Waals surface area contributed by atoms with E-state index < -0.39 is 0 Å². The lowest BCUT2D eigenvalue weighted by molar-refractivity contribution is 0.410. The fourth-order valence-electron chi connectivity index (χ4n) is 1.87. The molecule has 0 amide bonds. The molecular formula is C13H18N2O. The Hall–Kier alpha value is -1.53. The Morgan fingerprint density at radius 3 is 2.56 bits per heavy atom. The molecule has 1 unspecified atom stereocenters. The van der Waals surface area contributed by atoms with Gasteiger partial charge in [-0.05, 0) is 43.7 Å². The highest BCUT2D eigenvalue weighted by atomic mass is 16.5. The molecule has 1 N–H and O–H groups in total. The molecule has 0 fully saturated rings. The van der Waals surface area contributed by atoms with Gasteiger partial charge in [0.2, 0.25) is 0 Å². The fraction of sp³-hybridized carbons (Fsp3) is 0.462. The van der Waals surface area contributed by atoms with Crippen LogP contribution in [0.1, 0.15) is 29.2 Å². The quantitative estimate of drug-likeness (QED) is 0.844. The summed E-state index contributed by atoms with van der Waals surface area (Å²) < 4.78 is 5.27. The van der Waals surface area contributed by atoms with Gasteiger partial charge < -0.3 is 10.1 Å². The molecule has 0 aromatic heterocycles. The Morgan fingerprint density at radius 2 is 2.06 bits per heavy atom. The molecule has 0 bridgehead atoms. The van der Waals surface area contributed by atoms with Crippen LogP contribution in [-0.2, 0) is 0 Å². The van der Waals surface area contributed by atoms with Crippen molar-refractivity contribution in [3.63, 3.8) is 0 Å². The van der Waals surface area contributed by atoms with E-state index in [4.69, 9.17) is 10.00 Å². The standard InChI is InChI=1S/C13H18N2O/c1-9-10(2)13(16-4)6-5-11(9)12(15-3)7-8-14/h5-6,12,15H,7H2,1-4H3. The van der Waals surface area contributed by atoms with Crippen LogP contribution in [0.5, 0.6) is 5.75 Å². The normalized spacial score (nSPS) is 11.9. The third-order valence-electron chi connectivity index (χ3n) is 3.02. The number of hydrogen-bond donors (Lipinski definition) is 1. The molecule has 16 heavy (non-hydrogen) atoms. The van der Waals surface area contributed by atoms with Crippen LogP contribution in [0.15, 0.2) is 12.1 Å². The van der Waals surface area contributed by atoms with Gasteiger partial charge in [-0.25, -0.2) is 0 Å². The van der Waals surface area contributed by atoms with Gasteiger partial charge in [0.25, 0.3) is 0 Å². The van der Waals surface area contributed by atoms with Crippen LogP contribution >= 0.6 is 0 Å². The SMILES string of the molecule is CNC(CC#N)c1ccc(OC)c(C)c1C. The van der Waals surface area contributed by atoms with Gasteiger partial charge in [-0.1, -0.05) is 6.07 Å². The van der Waals surface area contributed by atoms with E-state index in [9.17, 15) is 0 Å². The number of methoxy groups -OCH3 is 1. The first kappa shape index (κ1) is 12.5. The average Bonchev–Trinajstić information content (AvgIpc) is 2.30. The molecule has 0 spiro atoms. The first-order chi connectivity index (χ1) is 7.65. The van der Waals surface area contributed by atoms with E-state index in [0.717, 1.165) is 11.3 Å². The van der Waals surface area contributed by atoms with Crippen molar-refractivity contribution in [1.29, 1.82) is 5.26 Å². The van der Waals surface area contributed by atoms with E-state index in [1.807, 2.05) is 26.1 Å². The van der Waals surface area contributed by atoms with E-state index >= 15 is 0 Å². The van der Waals surface area contributed by atoms with Crippen LogP contribution in [0, 0.1) is 25.2 Å². The zero-order chi connectivity index (χ0) is 12.1. The van der Waals surface area contributed by atoms with Gasteiger partial charge >= 0.3 is 0 Å². The zero-order valence-electron chi connectivity index (χ0n) is 10.3. The minimum atomic E-state index is 0.0922. The molecular weight excluding hydrogens is 200 g/mol. The van der Waals surface area contributed by atoms with Crippen LogP contribution in [0.3, 0.4) is 0 Å². The molecule has 0 heterocycles. The van der Waals surface area contributed by atoms with Crippen LogP contribution in [0.4, 0.5) is 0 Å². The number of hydrogen-bond acceptors (Lipinski definition) is 3. The Balaban J connectivity index is 3.15. The summed E-state index contributed by atoms with van der Waals surface area (Å²) in [5.74, 6) is 0.896. The van der Waals surface area contributed by atoms with Gasteiger partial charge in [0.05, 0.1) is 19.6 Å². The number of nitrogens with one attached hydrogen (secondary N) is 1. The maximum Gasteiger partial charge on any atom is 0.122 e. The molecule has 1 aromatic carbocycles. The molecule has 0 saturated carbocycles. The first-order valence-electron chi connectivity index (χ1n) is 5.34. The molecule has 0 aliphatic rings. The van der Waals surface area contributed by atoms with E-state index in [-0.39, 0.29) is 6.04 Å². The Labute approximate surface area is 97.0 Å². The summed E-state index contributed by atoms with van der Waals surface area (Å²) in [6, 6.07) is 6.28. The third-order valence-corrected chi connectivity index (χ3v) is 3.02. The Kier molecular flexibility index (Phi) is 4.33. The number of nitriles is 1. The molecule has 0 aliphatic heterocycles. The first-order valence-corrected chi connectivity index (χ1v) is 5.34.